The number of rotatable bonds is 7. The summed E-state index contributed by atoms with van der Waals surface area (Å²) in [6, 6.07) is 4.86. The molecule has 9 nitrogen and oxygen atoms in total. The Morgan fingerprint density at radius 3 is 2.68 bits per heavy atom. The van der Waals surface area contributed by atoms with E-state index in [1.807, 2.05) is 0 Å². The van der Waals surface area contributed by atoms with Gasteiger partial charge in [-0.05, 0) is 44.0 Å². The third-order valence-electron chi connectivity index (χ3n) is 5.72. The minimum Gasteiger partial charge on any atom is -0.485 e. The normalized spacial score (nSPS) is 16.8. The first kappa shape index (κ1) is 24.5. The molecule has 1 atom stereocenters. The summed E-state index contributed by atoms with van der Waals surface area (Å²) in [5.41, 5.74) is 1.63. The smallest absolute Gasteiger partial charge is 0.322 e. The van der Waals surface area contributed by atoms with Crippen molar-refractivity contribution in [1.82, 2.24) is 13.7 Å². The van der Waals surface area contributed by atoms with Gasteiger partial charge < -0.3 is 9.84 Å². The number of sulfonamides is 1. The zero-order valence-corrected chi connectivity index (χ0v) is 20.6. The number of aryl methyl sites for hydroxylation is 1. The van der Waals surface area contributed by atoms with E-state index in [1.54, 1.807) is 29.7 Å². The minimum absolute atomic E-state index is 0.0871. The molecule has 0 spiro atoms. The maximum atomic E-state index is 13.2. The van der Waals surface area contributed by atoms with Gasteiger partial charge in [0.25, 0.3) is 0 Å². The number of benzene rings is 1. The zero-order chi connectivity index (χ0) is 24.8. The lowest BCUT2D eigenvalue weighted by molar-refractivity contribution is -0.140. The van der Waals surface area contributed by atoms with Gasteiger partial charge in [-0.2, -0.15) is 4.31 Å². The number of aliphatic carboxylic acids is 1. The number of carboxylic acid groups (broad SMARTS) is 1. The van der Waals surface area contributed by atoms with Crippen molar-refractivity contribution in [1.29, 1.82) is 0 Å². The van der Waals surface area contributed by atoms with Crippen LogP contribution in [0.3, 0.4) is 0 Å². The van der Waals surface area contributed by atoms with Gasteiger partial charge >= 0.3 is 5.97 Å². The molecule has 0 amide bonds. The number of hydrogen-bond acceptors (Lipinski definition) is 6. The maximum Gasteiger partial charge on any atom is 0.322 e. The molecule has 0 bridgehead atoms. The third-order valence-corrected chi connectivity index (χ3v) is 8.57. The Morgan fingerprint density at radius 1 is 1.26 bits per heavy atom. The van der Waals surface area contributed by atoms with Crippen LogP contribution in [0.4, 0.5) is 0 Å². The van der Waals surface area contributed by atoms with E-state index in [2.05, 4.69) is 4.98 Å². The number of carbonyl (C=O) groups excluding carboxylic acids is 1. The average Bonchev–Trinajstić information content (AvgIpc) is 3.38. The van der Waals surface area contributed by atoms with Crippen LogP contribution < -0.4 is 4.74 Å². The molecule has 0 radical (unpaired) electrons. The molecular formula is C22H21Cl2N3O6S. The topological polar surface area (TPSA) is 118 Å². The van der Waals surface area contributed by atoms with E-state index in [0.717, 1.165) is 4.31 Å². The van der Waals surface area contributed by atoms with Gasteiger partial charge in [0.15, 0.2) is 17.2 Å². The summed E-state index contributed by atoms with van der Waals surface area (Å²) in [7, 11) is -4.18. The molecule has 0 saturated carbocycles. The number of halogens is 2. The largest absolute Gasteiger partial charge is 0.485 e. The van der Waals surface area contributed by atoms with Crippen molar-refractivity contribution < 1.29 is 27.9 Å². The Balaban J connectivity index is 1.69. The van der Waals surface area contributed by atoms with Crippen molar-refractivity contribution >= 4 is 50.6 Å². The second kappa shape index (κ2) is 9.18. The van der Waals surface area contributed by atoms with Crippen LogP contribution in [0, 0.1) is 6.92 Å². The Morgan fingerprint density at radius 2 is 2.00 bits per heavy atom. The van der Waals surface area contributed by atoms with Gasteiger partial charge in [-0.3, -0.25) is 14.0 Å². The molecule has 0 unspecified atom stereocenters. The Labute approximate surface area is 205 Å². The molecule has 3 heterocycles. The number of carbonyl (C=O) groups is 2. The number of pyridine rings is 1. The van der Waals surface area contributed by atoms with E-state index in [1.165, 1.54) is 19.1 Å². The Hall–Kier alpha value is -2.66. The van der Waals surface area contributed by atoms with Gasteiger partial charge in [0.05, 0.1) is 10.7 Å². The van der Waals surface area contributed by atoms with Crippen molar-refractivity contribution in [2.75, 3.05) is 6.54 Å². The highest BCUT2D eigenvalue weighted by molar-refractivity contribution is 7.89. The molecule has 34 heavy (non-hydrogen) atoms. The van der Waals surface area contributed by atoms with Gasteiger partial charge in [0.1, 0.15) is 23.2 Å². The molecule has 180 valence electrons. The summed E-state index contributed by atoms with van der Waals surface area (Å²) in [5, 5.41) is 9.46. The Kier molecular flexibility index (Phi) is 6.61. The number of ether oxygens (including phenoxy) is 1. The predicted octanol–water partition coefficient (Wildman–Crippen LogP) is 3.97. The second-order valence-electron chi connectivity index (χ2n) is 7.91. The molecule has 1 fully saturated rings. The number of Topliss-reactive ketones (excluding diaryl/α,β-unsaturated/α-hetero) is 1. The number of nitrogens with zero attached hydrogens (tertiary/aromatic N) is 3. The second-order valence-corrected chi connectivity index (χ2v) is 10.6. The fourth-order valence-electron chi connectivity index (χ4n) is 4.15. The zero-order valence-electron chi connectivity index (χ0n) is 18.3. The fourth-order valence-corrected chi connectivity index (χ4v) is 6.67. The number of ketones is 1. The molecule has 1 aliphatic rings. The van der Waals surface area contributed by atoms with Crippen LogP contribution in [0.25, 0.3) is 5.65 Å². The maximum absolute atomic E-state index is 13.2. The highest BCUT2D eigenvalue weighted by Gasteiger charge is 2.40. The number of fused-ring (bicyclic) bond motifs is 1. The molecule has 1 saturated heterocycles. The highest BCUT2D eigenvalue weighted by Crippen LogP contribution is 2.36. The molecule has 2 aromatic heterocycles. The monoisotopic (exact) mass is 525 g/mol. The van der Waals surface area contributed by atoms with Crippen LogP contribution in [-0.2, 0) is 21.4 Å². The average molecular weight is 526 g/mol. The molecule has 3 aromatic rings. The molecular weight excluding hydrogens is 505 g/mol. The van der Waals surface area contributed by atoms with E-state index in [9.17, 15) is 23.1 Å². The first-order chi connectivity index (χ1) is 16.0. The summed E-state index contributed by atoms with van der Waals surface area (Å²) in [5.74, 6) is -1.00. The number of imidazole rings is 1. The molecule has 1 N–H and O–H groups in total. The van der Waals surface area contributed by atoms with Crippen LogP contribution >= 0.6 is 23.2 Å². The van der Waals surface area contributed by atoms with Gasteiger partial charge in [-0.1, -0.05) is 23.2 Å². The standard InChI is InChI=1S/C22H21Cl2N3O6S/c1-12-20(13(2)28)26-9-4-6-17(21(26)25-12)33-11-14-15(23)7-8-18(19(14)24)34(31,32)27-10-3-5-16(27)22(29)30/h4,6-9,16H,3,5,10-11H2,1-2H3,(H,29,30)/t16-/m0/s1. The van der Waals surface area contributed by atoms with Crippen molar-refractivity contribution in [2.24, 2.45) is 0 Å². The van der Waals surface area contributed by atoms with Crippen LogP contribution in [0.15, 0.2) is 35.4 Å². The van der Waals surface area contributed by atoms with Crippen molar-refractivity contribution in [3.8, 4) is 5.75 Å². The molecule has 1 aliphatic heterocycles. The molecule has 0 aliphatic carbocycles. The van der Waals surface area contributed by atoms with Gasteiger partial charge in [-0.15, -0.1) is 0 Å². The van der Waals surface area contributed by atoms with E-state index in [0.29, 0.717) is 29.2 Å². The first-order valence-corrected chi connectivity index (χ1v) is 12.6. The Bertz CT molecular complexity index is 1420. The molecule has 12 heteroatoms. The predicted molar refractivity (Wildman–Crippen MR) is 125 cm³/mol. The van der Waals surface area contributed by atoms with Gasteiger partial charge in [-0.25, -0.2) is 13.4 Å². The molecule has 4 rings (SSSR count). The first-order valence-electron chi connectivity index (χ1n) is 10.4. The van der Waals surface area contributed by atoms with Crippen LogP contribution in [0.1, 0.15) is 41.5 Å². The number of carboxylic acids is 1. The third kappa shape index (κ3) is 4.15. The van der Waals surface area contributed by atoms with Crippen LogP contribution in [0.2, 0.25) is 10.0 Å². The van der Waals surface area contributed by atoms with E-state index in [4.69, 9.17) is 27.9 Å². The van der Waals surface area contributed by atoms with Crippen molar-refractivity contribution in [3.05, 3.63) is 57.5 Å². The highest BCUT2D eigenvalue weighted by atomic mass is 35.5. The summed E-state index contributed by atoms with van der Waals surface area (Å²) in [6.07, 6.45) is 2.36. The van der Waals surface area contributed by atoms with E-state index in [-0.39, 0.29) is 45.9 Å². The number of aromatic nitrogens is 2. The molecule has 1 aromatic carbocycles. The SMILES string of the molecule is CC(=O)c1c(C)nc2c(OCc3c(Cl)ccc(S(=O)(=O)N4CCC[C@H]4C(=O)O)c3Cl)cccn12. The lowest BCUT2D eigenvalue weighted by atomic mass is 10.2. The number of hydrogen-bond donors (Lipinski definition) is 1. The van der Waals surface area contributed by atoms with Crippen molar-refractivity contribution in [3.63, 3.8) is 0 Å². The van der Waals surface area contributed by atoms with Crippen molar-refractivity contribution in [2.45, 2.75) is 44.2 Å². The minimum atomic E-state index is -4.18. The lowest BCUT2D eigenvalue weighted by Gasteiger charge is -2.22. The summed E-state index contributed by atoms with van der Waals surface area (Å²) < 4.78 is 34.9. The van der Waals surface area contributed by atoms with E-state index < -0.39 is 22.0 Å². The van der Waals surface area contributed by atoms with Crippen LogP contribution in [0.5, 0.6) is 5.75 Å². The van der Waals surface area contributed by atoms with Gasteiger partial charge in [0.2, 0.25) is 10.0 Å². The van der Waals surface area contributed by atoms with Gasteiger partial charge in [0, 0.05) is 30.3 Å². The summed E-state index contributed by atoms with van der Waals surface area (Å²) in [6.45, 7) is 3.08. The lowest BCUT2D eigenvalue weighted by Crippen LogP contribution is -2.40. The van der Waals surface area contributed by atoms with Crippen LogP contribution in [-0.4, -0.2) is 51.6 Å². The quantitative estimate of drug-likeness (QED) is 0.463. The van der Waals surface area contributed by atoms with E-state index >= 15 is 0 Å². The summed E-state index contributed by atoms with van der Waals surface area (Å²) in [4.78, 5) is 27.7. The summed E-state index contributed by atoms with van der Waals surface area (Å²) >= 11 is 12.8. The fraction of sp³-hybridized carbons (Fsp3) is 0.318.